The van der Waals surface area contributed by atoms with Crippen molar-refractivity contribution in [2.45, 2.75) is 6.92 Å². The van der Waals surface area contributed by atoms with Crippen molar-refractivity contribution in [2.24, 2.45) is 0 Å². The first-order chi connectivity index (χ1) is 8.54. The van der Waals surface area contributed by atoms with Crippen LogP contribution in [0.3, 0.4) is 0 Å². The summed E-state index contributed by atoms with van der Waals surface area (Å²) in [6.07, 6.45) is 1.03. The first-order valence-electron chi connectivity index (χ1n) is 5.06. The maximum Gasteiger partial charge on any atom is 0.333 e. The number of benzene rings is 1. The van der Waals surface area contributed by atoms with Gasteiger partial charge in [0.15, 0.2) is 0 Å². The summed E-state index contributed by atoms with van der Waals surface area (Å²) in [6.45, 7) is 1.56. The second-order valence-electron chi connectivity index (χ2n) is 3.69. The Kier molecular flexibility index (Phi) is 2.81. The fourth-order valence-electron chi connectivity index (χ4n) is 1.55. The lowest BCUT2D eigenvalue weighted by Crippen LogP contribution is -2.30. The molecule has 0 aliphatic carbocycles. The first kappa shape index (κ1) is 11.8. The van der Waals surface area contributed by atoms with Gasteiger partial charge in [-0.05, 0) is 18.6 Å². The lowest BCUT2D eigenvalue weighted by Gasteiger charge is -2.07. The van der Waals surface area contributed by atoms with Gasteiger partial charge in [-0.3, -0.25) is 14.3 Å². The number of aryl methyl sites for hydroxylation is 1. The van der Waals surface area contributed by atoms with Crippen LogP contribution in [0.2, 0.25) is 0 Å². The van der Waals surface area contributed by atoms with E-state index in [9.17, 15) is 14.0 Å². The lowest BCUT2D eigenvalue weighted by atomic mass is 10.2. The predicted molar refractivity (Wildman–Crippen MR) is 62.1 cm³/mol. The molecular formula is C12H8FN3O2. The van der Waals surface area contributed by atoms with E-state index in [1.165, 1.54) is 6.07 Å². The molecule has 0 aliphatic heterocycles. The van der Waals surface area contributed by atoms with Crippen molar-refractivity contribution in [2.75, 3.05) is 0 Å². The third kappa shape index (κ3) is 1.82. The molecule has 0 saturated heterocycles. The normalized spacial score (nSPS) is 10.1. The summed E-state index contributed by atoms with van der Waals surface area (Å²) < 4.78 is 14.8. The average molecular weight is 245 g/mol. The molecule has 0 spiro atoms. The van der Waals surface area contributed by atoms with Crippen LogP contribution >= 0.6 is 0 Å². The number of nitriles is 1. The van der Waals surface area contributed by atoms with Gasteiger partial charge in [-0.25, -0.2) is 9.18 Å². The topological polar surface area (TPSA) is 78.7 Å². The highest BCUT2D eigenvalue weighted by Crippen LogP contribution is 2.14. The summed E-state index contributed by atoms with van der Waals surface area (Å²) in [5, 5.41) is 8.73. The molecule has 1 aromatic heterocycles. The number of nitrogens with one attached hydrogen (secondary N) is 1. The number of H-pyrrole nitrogens is 1. The minimum Gasteiger partial charge on any atom is -0.273 e. The van der Waals surface area contributed by atoms with Crippen molar-refractivity contribution in [1.29, 1.82) is 5.26 Å². The van der Waals surface area contributed by atoms with E-state index in [1.807, 2.05) is 4.98 Å². The van der Waals surface area contributed by atoms with Gasteiger partial charge in [0, 0.05) is 6.20 Å². The van der Waals surface area contributed by atoms with Gasteiger partial charge in [-0.15, -0.1) is 0 Å². The number of nitrogens with zero attached hydrogens (tertiary/aromatic N) is 2. The molecule has 5 nitrogen and oxygen atoms in total. The molecule has 1 aromatic carbocycles. The van der Waals surface area contributed by atoms with Crippen LogP contribution in [0.4, 0.5) is 4.39 Å². The smallest absolute Gasteiger partial charge is 0.273 e. The van der Waals surface area contributed by atoms with Gasteiger partial charge in [-0.2, -0.15) is 5.26 Å². The minimum absolute atomic E-state index is 0.00671. The van der Waals surface area contributed by atoms with E-state index in [0.717, 1.165) is 10.8 Å². The van der Waals surface area contributed by atoms with Crippen LogP contribution in [0.5, 0.6) is 0 Å². The molecule has 1 N–H and O–H groups in total. The van der Waals surface area contributed by atoms with E-state index >= 15 is 0 Å². The van der Waals surface area contributed by atoms with Crippen molar-refractivity contribution in [1.82, 2.24) is 9.55 Å². The van der Waals surface area contributed by atoms with Crippen LogP contribution in [0.1, 0.15) is 11.1 Å². The third-order valence-corrected chi connectivity index (χ3v) is 2.49. The molecule has 0 aliphatic rings. The Morgan fingerprint density at radius 3 is 2.78 bits per heavy atom. The zero-order valence-electron chi connectivity index (χ0n) is 9.40. The molecule has 6 heteroatoms. The molecule has 0 fully saturated rings. The Labute approximate surface area is 101 Å². The molecule has 18 heavy (non-hydrogen) atoms. The molecule has 2 rings (SSSR count). The SMILES string of the molecule is Cc1cccc(-n2cc(C#N)c(=O)[nH]c2=O)c1F. The van der Waals surface area contributed by atoms with Gasteiger partial charge in [-0.1, -0.05) is 12.1 Å². The lowest BCUT2D eigenvalue weighted by molar-refractivity contribution is 0.605. The zero-order chi connectivity index (χ0) is 13.3. The number of hydrogen-bond donors (Lipinski definition) is 1. The van der Waals surface area contributed by atoms with E-state index < -0.39 is 17.1 Å². The Hall–Kier alpha value is -2.68. The Morgan fingerprint density at radius 2 is 2.11 bits per heavy atom. The van der Waals surface area contributed by atoms with Crippen LogP contribution in [-0.4, -0.2) is 9.55 Å². The number of aromatic nitrogens is 2. The van der Waals surface area contributed by atoms with Crippen LogP contribution in [-0.2, 0) is 0 Å². The van der Waals surface area contributed by atoms with E-state index in [0.29, 0.717) is 5.56 Å². The van der Waals surface area contributed by atoms with E-state index in [-0.39, 0.29) is 11.3 Å². The summed E-state index contributed by atoms with van der Waals surface area (Å²) in [5.74, 6) is -0.574. The van der Waals surface area contributed by atoms with Gasteiger partial charge in [0.05, 0.1) is 5.69 Å². The molecule has 0 saturated carbocycles. The van der Waals surface area contributed by atoms with Crippen LogP contribution in [0.25, 0.3) is 5.69 Å². The molecular weight excluding hydrogens is 237 g/mol. The second-order valence-corrected chi connectivity index (χ2v) is 3.69. The number of rotatable bonds is 1. The molecule has 1 heterocycles. The van der Waals surface area contributed by atoms with E-state index in [2.05, 4.69) is 0 Å². The number of hydrogen-bond acceptors (Lipinski definition) is 3. The fourth-order valence-corrected chi connectivity index (χ4v) is 1.55. The van der Waals surface area contributed by atoms with E-state index in [4.69, 9.17) is 5.26 Å². The molecule has 90 valence electrons. The number of aromatic amines is 1. The zero-order valence-corrected chi connectivity index (χ0v) is 9.40. The minimum atomic E-state index is -0.788. The highest BCUT2D eigenvalue weighted by Gasteiger charge is 2.10. The quantitative estimate of drug-likeness (QED) is 0.808. The van der Waals surface area contributed by atoms with Crippen molar-refractivity contribution >= 4 is 0 Å². The molecule has 0 amide bonds. The van der Waals surface area contributed by atoms with Gasteiger partial charge < -0.3 is 0 Å². The summed E-state index contributed by atoms with van der Waals surface area (Å²) in [7, 11) is 0. The average Bonchev–Trinajstić information content (AvgIpc) is 2.34. The fraction of sp³-hybridized carbons (Fsp3) is 0.0833. The Balaban J connectivity index is 2.81. The van der Waals surface area contributed by atoms with Gasteiger partial charge in [0.2, 0.25) is 0 Å². The highest BCUT2D eigenvalue weighted by molar-refractivity contribution is 5.38. The summed E-state index contributed by atoms with van der Waals surface area (Å²) in [6, 6.07) is 6.17. The maximum absolute atomic E-state index is 13.9. The summed E-state index contributed by atoms with van der Waals surface area (Å²) >= 11 is 0. The molecule has 0 unspecified atom stereocenters. The molecule has 0 atom stereocenters. The first-order valence-corrected chi connectivity index (χ1v) is 5.06. The summed E-state index contributed by atoms with van der Waals surface area (Å²) in [5.41, 5.74) is -1.47. The van der Waals surface area contributed by atoms with Crippen LogP contribution in [0, 0.1) is 24.1 Å². The predicted octanol–water partition coefficient (Wildman–Crippen LogP) is 0.845. The highest BCUT2D eigenvalue weighted by atomic mass is 19.1. The van der Waals surface area contributed by atoms with Gasteiger partial charge >= 0.3 is 5.69 Å². The van der Waals surface area contributed by atoms with E-state index in [1.54, 1.807) is 25.1 Å². The van der Waals surface area contributed by atoms with Crippen molar-refractivity contribution in [3.63, 3.8) is 0 Å². The van der Waals surface area contributed by atoms with Crippen molar-refractivity contribution in [3.8, 4) is 11.8 Å². The standard InChI is InChI=1S/C12H8FN3O2/c1-7-3-2-4-9(10(7)13)16-6-8(5-14)11(17)15-12(16)18/h2-4,6H,1H3,(H,15,17,18). The second kappa shape index (κ2) is 4.30. The van der Waals surface area contributed by atoms with Crippen LogP contribution in [0.15, 0.2) is 34.0 Å². The van der Waals surface area contributed by atoms with Crippen LogP contribution < -0.4 is 11.2 Å². The molecule has 0 radical (unpaired) electrons. The largest absolute Gasteiger partial charge is 0.333 e. The van der Waals surface area contributed by atoms with Gasteiger partial charge in [0.25, 0.3) is 5.56 Å². The Morgan fingerprint density at radius 1 is 1.39 bits per heavy atom. The van der Waals surface area contributed by atoms with Crippen molar-refractivity contribution < 1.29 is 4.39 Å². The summed E-state index contributed by atoms with van der Waals surface area (Å²) in [4.78, 5) is 24.8. The number of halogens is 1. The monoisotopic (exact) mass is 245 g/mol. The van der Waals surface area contributed by atoms with Gasteiger partial charge in [0.1, 0.15) is 17.4 Å². The molecule has 0 bridgehead atoms. The third-order valence-electron chi connectivity index (χ3n) is 2.49. The van der Waals surface area contributed by atoms with Crippen molar-refractivity contribution in [3.05, 3.63) is 62.2 Å². The Bertz CT molecular complexity index is 768. The maximum atomic E-state index is 13.9. The molecule has 2 aromatic rings.